The Morgan fingerprint density at radius 3 is 2.75 bits per heavy atom. The summed E-state index contributed by atoms with van der Waals surface area (Å²) in [6.45, 7) is 4.56. The van der Waals surface area contributed by atoms with Crippen molar-refractivity contribution in [2.75, 3.05) is 13.2 Å². The zero-order valence-corrected chi connectivity index (χ0v) is 13.0. The van der Waals surface area contributed by atoms with Crippen LogP contribution in [0.5, 0.6) is 0 Å². The summed E-state index contributed by atoms with van der Waals surface area (Å²) in [6, 6.07) is 6.01. The molecule has 0 atom stereocenters. The largest absolute Gasteiger partial charge is 0.379 e. The van der Waals surface area contributed by atoms with Gasteiger partial charge in [0.25, 0.3) is 0 Å². The third kappa shape index (κ3) is 5.10. The number of sulfonamides is 1. The van der Waals surface area contributed by atoms with Crippen LogP contribution in [0.4, 0.5) is 0 Å². The zero-order valence-electron chi connectivity index (χ0n) is 11.4. The Labute approximate surface area is 124 Å². The molecule has 5 nitrogen and oxygen atoms in total. The second-order valence-electron chi connectivity index (χ2n) is 4.43. The number of nitrogens with one attached hydrogen (secondary N) is 1. The molecule has 0 aliphatic heterocycles. The lowest BCUT2D eigenvalue weighted by atomic mass is 10.2. The molecule has 0 fully saturated rings. The number of ether oxygens (including phenoxy) is 1. The summed E-state index contributed by atoms with van der Waals surface area (Å²) in [7, 11) is -3.71. The molecule has 0 spiro atoms. The highest BCUT2D eigenvalue weighted by atomic mass is 35.5. The molecule has 110 valence electrons. The molecule has 0 radical (unpaired) electrons. The fraction of sp³-hybridized carbons (Fsp3) is 0.462. The fourth-order valence-electron chi connectivity index (χ4n) is 1.45. The van der Waals surface area contributed by atoms with E-state index in [4.69, 9.17) is 21.6 Å². The van der Waals surface area contributed by atoms with Crippen LogP contribution in [0.15, 0.2) is 23.1 Å². The second kappa shape index (κ2) is 7.60. The molecule has 0 aliphatic rings. The summed E-state index contributed by atoms with van der Waals surface area (Å²) in [5.41, 5.74) is 0.248. The molecular weight excluding hydrogens is 300 g/mol. The van der Waals surface area contributed by atoms with Gasteiger partial charge in [-0.15, -0.1) is 0 Å². The lowest BCUT2D eigenvalue weighted by Gasteiger charge is -2.10. The highest BCUT2D eigenvalue weighted by Gasteiger charge is 2.17. The number of hydrogen-bond donors (Lipinski definition) is 1. The first-order valence-electron chi connectivity index (χ1n) is 6.17. The summed E-state index contributed by atoms with van der Waals surface area (Å²) in [6.07, 6.45) is 0.681. The van der Waals surface area contributed by atoms with Crippen molar-refractivity contribution in [1.29, 1.82) is 5.26 Å². The maximum atomic E-state index is 12.1. The van der Waals surface area contributed by atoms with Gasteiger partial charge < -0.3 is 4.74 Å². The molecule has 0 aliphatic carbocycles. The molecule has 0 aromatic heterocycles. The predicted octanol–water partition coefficient (Wildman–Crippen LogP) is 2.31. The van der Waals surface area contributed by atoms with E-state index in [-0.39, 0.29) is 28.1 Å². The monoisotopic (exact) mass is 316 g/mol. The van der Waals surface area contributed by atoms with Gasteiger partial charge in [-0.1, -0.05) is 11.6 Å². The van der Waals surface area contributed by atoms with E-state index in [1.165, 1.54) is 18.2 Å². The van der Waals surface area contributed by atoms with Crippen LogP contribution >= 0.6 is 11.6 Å². The van der Waals surface area contributed by atoms with Gasteiger partial charge in [-0.2, -0.15) is 5.26 Å². The van der Waals surface area contributed by atoms with E-state index >= 15 is 0 Å². The molecule has 1 aromatic rings. The lowest BCUT2D eigenvalue weighted by Crippen LogP contribution is -2.26. The standard InChI is InChI=1S/C13H17ClN2O3S/c1-10(2)19-7-3-6-16-20(17,18)13-8-11(9-15)4-5-12(13)14/h4-5,8,10,16H,3,6-7H2,1-2H3. The molecule has 0 saturated carbocycles. The average molecular weight is 317 g/mol. The minimum Gasteiger partial charge on any atom is -0.379 e. The van der Waals surface area contributed by atoms with Gasteiger partial charge in [0.1, 0.15) is 4.90 Å². The van der Waals surface area contributed by atoms with E-state index in [0.29, 0.717) is 13.0 Å². The predicted molar refractivity (Wildman–Crippen MR) is 77.1 cm³/mol. The third-order valence-corrected chi connectivity index (χ3v) is 4.36. The maximum absolute atomic E-state index is 12.1. The molecule has 1 rings (SSSR count). The van der Waals surface area contributed by atoms with E-state index in [1.54, 1.807) is 0 Å². The molecule has 0 saturated heterocycles. The Morgan fingerprint density at radius 2 is 2.15 bits per heavy atom. The SMILES string of the molecule is CC(C)OCCCNS(=O)(=O)c1cc(C#N)ccc1Cl. The van der Waals surface area contributed by atoms with Gasteiger partial charge in [0, 0.05) is 13.2 Å². The zero-order chi connectivity index (χ0) is 15.2. The Hall–Kier alpha value is -1.13. The molecule has 0 amide bonds. The van der Waals surface area contributed by atoms with Crippen molar-refractivity contribution >= 4 is 21.6 Å². The van der Waals surface area contributed by atoms with Gasteiger partial charge >= 0.3 is 0 Å². The van der Waals surface area contributed by atoms with Crippen LogP contribution in [0.2, 0.25) is 5.02 Å². The molecular formula is C13H17ClN2O3S. The van der Waals surface area contributed by atoms with Gasteiger partial charge in [-0.05, 0) is 38.5 Å². The van der Waals surface area contributed by atoms with Crippen molar-refractivity contribution in [3.63, 3.8) is 0 Å². The minimum atomic E-state index is -3.71. The summed E-state index contributed by atoms with van der Waals surface area (Å²) in [5, 5.41) is 8.88. The van der Waals surface area contributed by atoms with Crippen LogP contribution in [0.3, 0.4) is 0 Å². The van der Waals surface area contributed by atoms with Crippen LogP contribution in [0, 0.1) is 11.3 Å². The van der Waals surface area contributed by atoms with E-state index in [1.807, 2.05) is 19.9 Å². The van der Waals surface area contributed by atoms with Gasteiger partial charge in [0.2, 0.25) is 10.0 Å². The van der Waals surface area contributed by atoms with Crippen molar-refractivity contribution in [3.8, 4) is 6.07 Å². The van der Waals surface area contributed by atoms with Crippen LogP contribution in [0.1, 0.15) is 25.8 Å². The van der Waals surface area contributed by atoms with Gasteiger partial charge in [0.15, 0.2) is 0 Å². The molecule has 20 heavy (non-hydrogen) atoms. The maximum Gasteiger partial charge on any atom is 0.242 e. The highest BCUT2D eigenvalue weighted by Crippen LogP contribution is 2.22. The van der Waals surface area contributed by atoms with Crippen LogP contribution in [-0.4, -0.2) is 27.7 Å². The highest BCUT2D eigenvalue weighted by molar-refractivity contribution is 7.89. The summed E-state index contributed by atoms with van der Waals surface area (Å²) < 4.78 is 31.9. The van der Waals surface area contributed by atoms with Crippen molar-refractivity contribution in [1.82, 2.24) is 4.72 Å². The first-order valence-corrected chi connectivity index (χ1v) is 8.04. The van der Waals surface area contributed by atoms with Crippen LogP contribution in [-0.2, 0) is 14.8 Å². The van der Waals surface area contributed by atoms with Gasteiger partial charge in [-0.25, -0.2) is 13.1 Å². The lowest BCUT2D eigenvalue weighted by molar-refractivity contribution is 0.0778. The normalized spacial score (nSPS) is 11.6. The topological polar surface area (TPSA) is 79.2 Å². The van der Waals surface area contributed by atoms with E-state index in [9.17, 15) is 8.42 Å². The van der Waals surface area contributed by atoms with E-state index in [0.717, 1.165) is 0 Å². The van der Waals surface area contributed by atoms with Crippen molar-refractivity contribution < 1.29 is 13.2 Å². The van der Waals surface area contributed by atoms with E-state index < -0.39 is 10.0 Å². The smallest absolute Gasteiger partial charge is 0.242 e. The minimum absolute atomic E-state index is 0.0806. The summed E-state index contributed by atoms with van der Waals surface area (Å²) in [5.74, 6) is 0. The van der Waals surface area contributed by atoms with Crippen molar-refractivity contribution in [2.24, 2.45) is 0 Å². The second-order valence-corrected chi connectivity index (χ2v) is 6.57. The molecule has 0 bridgehead atoms. The number of halogens is 1. The number of hydrogen-bond acceptors (Lipinski definition) is 4. The number of rotatable bonds is 7. The fourth-order valence-corrected chi connectivity index (χ4v) is 3.05. The number of nitriles is 1. The molecule has 1 aromatic carbocycles. The first-order chi connectivity index (χ1) is 9.36. The van der Waals surface area contributed by atoms with Gasteiger partial charge in [-0.3, -0.25) is 0 Å². The molecule has 0 unspecified atom stereocenters. The van der Waals surface area contributed by atoms with Gasteiger partial charge in [0.05, 0.1) is 22.8 Å². The summed E-state index contributed by atoms with van der Waals surface area (Å²) >= 11 is 5.87. The molecule has 0 heterocycles. The average Bonchev–Trinajstić information content (AvgIpc) is 2.38. The Kier molecular flexibility index (Phi) is 6.43. The van der Waals surface area contributed by atoms with Crippen LogP contribution in [0.25, 0.3) is 0 Å². The Balaban J connectivity index is 2.67. The summed E-state index contributed by atoms with van der Waals surface area (Å²) in [4.78, 5) is -0.0806. The van der Waals surface area contributed by atoms with Crippen molar-refractivity contribution in [3.05, 3.63) is 28.8 Å². The number of nitrogens with zero attached hydrogens (tertiary/aromatic N) is 1. The Morgan fingerprint density at radius 1 is 1.45 bits per heavy atom. The van der Waals surface area contributed by atoms with Crippen molar-refractivity contribution in [2.45, 2.75) is 31.3 Å². The Bertz CT molecular complexity index is 594. The first kappa shape index (κ1) is 16.9. The quantitative estimate of drug-likeness (QED) is 0.783. The van der Waals surface area contributed by atoms with Crippen LogP contribution < -0.4 is 4.72 Å². The third-order valence-electron chi connectivity index (χ3n) is 2.41. The van der Waals surface area contributed by atoms with E-state index in [2.05, 4.69) is 4.72 Å². The molecule has 1 N–H and O–H groups in total. The number of benzene rings is 1. The molecule has 7 heteroatoms.